The maximum absolute atomic E-state index is 6.24. The second kappa shape index (κ2) is 5.49. The Morgan fingerprint density at radius 3 is 2.75 bits per heavy atom. The standard InChI is InChI=1S/C15H23N/c1-12-5-4-8-14(9-12)11-15(16)10-13-6-2-3-7-13/h4-5,8-9,13,15H,2-3,6-7,10-11,16H2,1H3. The summed E-state index contributed by atoms with van der Waals surface area (Å²) in [5.41, 5.74) is 8.97. The Bertz CT molecular complexity index is 326. The van der Waals surface area contributed by atoms with E-state index >= 15 is 0 Å². The van der Waals surface area contributed by atoms with E-state index in [1.54, 1.807) is 0 Å². The normalized spacial score (nSPS) is 18.9. The lowest BCUT2D eigenvalue weighted by molar-refractivity contribution is 0.440. The van der Waals surface area contributed by atoms with Gasteiger partial charge in [-0.25, -0.2) is 0 Å². The van der Waals surface area contributed by atoms with Crippen LogP contribution >= 0.6 is 0 Å². The molecule has 16 heavy (non-hydrogen) atoms. The van der Waals surface area contributed by atoms with Crippen LogP contribution in [0.3, 0.4) is 0 Å². The maximum atomic E-state index is 6.24. The van der Waals surface area contributed by atoms with Crippen molar-refractivity contribution in [2.45, 2.75) is 51.5 Å². The van der Waals surface area contributed by atoms with Gasteiger partial charge in [0.1, 0.15) is 0 Å². The Morgan fingerprint density at radius 2 is 2.06 bits per heavy atom. The largest absolute Gasteiger partial charge is 0.327 e. The molecule has 0 saturated heterocycles. The van der Waals surface area contributed by atoms with Crippen LogP contribution in [0.5, 0.6) is 0 Å². The highest BCUT2D eigenvalue weighted by Crippen LogP contribution is 2.28. The Kier molecular flexibility index (Phi) is 4.00. The summed E-state index contributed by atoms with van der Waals surface area (Å²) in [6, 6.07) is 9.08. The van der Waals surface area contributed by atoms with Gasteiger partial charge in [-0.2, -0.15) is 0 Å². The molecule has 0 bridgehead atoms. The van der Waals surface area contributed by atoms with Gasteiger partial charge in [0.2, 0.25) is 0 Å². The first-order valence-corrected chi connectivity index (χ1v) is 6.55. The van der Waals surface area contributed by atoms with Crippen molar-refractivity contribution in [3.8, 4) is 0 Å². The molecule has 88 valence electrons. The fourth-order valence-electron chi connectivity index (χ4n) is 2.90. The lowest BCUT2D eigenvalue weighted by atomic mass is 9.94. The first-order chi connectivity index (χ1) is 7.74. The molecule has 0 spiro atoms. The average Bonchev–Trinajstić information content (AvgIpc) is 2.70. The minimum Gasteiger partial charge on any atom is -0.327 e. The minimum atomic E-state index is 0.352. The summed E-state index contributed by atoms with van der Waals surface area (Å²) >= 11 is 0. The van der Waals surface area contributed by atoms with E-state index in [-0.39, 0.29) is 0 Å². The highest BCUT2D eigenvalue weighted by Gasteiger charge is 2.18. The van der Waals surface area contributed by atoms with Crippen LogP contribution < -0.4 is 5.73 Å². The molecular weight excluding hydrogens is 194 g/mol. The summed E-state index contributed by atoms with van der Waals surface area (Å²) in [6.45, 7) is 2.14. The zero-order valence-electron chi connectivity index (χ0n) is 10.3. The van der Waals surface area contributed by atoms with Crippen LogP contribution in [0.15, 0.2) is 24.3 Å². The second-order valence-electron chi connectivity index (χ2n) is 5.34. The Morgan fingerprint density at radius 1 is 1.31 bits per heavy atom. The number of hydrogen-bond acceptors (Lipinski definition) is 1. The monoisotopic (exact) mass is 217 g/mol. The van der Waals surface area contributed by atoms with Crippen LogP contribution in [0, 0.1) is 12.8 Å². The van der Waals surface area contributed by atoms with Crippen LogP contribution in [-0.4, -0.2) is 6.04 Å². The van der Waals surface area contributed by atoms with E-state index in [0.717, 1.165) is 12.3 Å². The Balaban J connectivity index is 1.84. The molecule has 2 rings (SSSR count). The van der Waals surface area contributed by atoms with E-state index in [1.807, 2.05) is 0 Å². The molecule has 1 saturated carbocycles. The summed E-state index contributed by atoms with van der Waals surface area (Å²) in [5.74, 6) is 0.903. The first kappa shape index (κ1) is 11.7. The van der Waals surface area contributed by atoms with Gasteiger partial charge in [0.15, 0.2) is 0 Å². The highest BCUT2D eigenvalue weighted by molar-refractivity contribution is 5.22. The lowest BCUT2D eigenvalue weighted by Gasteiger charge is -2.16. The predicted octanol–water partition coefficient (Wildman–Crippen LogP) is 3.45. The third kappa shape index (κ3) is 3.34. The molecule has 1 atom stereocenters. The number of aryl methyl sites for hydroxylation is 1. The van der Waals surface area contributed by atoms with Crippen LogP contribution in [0.25, 0.3) is 0 Å². The number of hydrogen-bond donors (Lipinski definition) is 1. The Labute approximate surface area is 99.0 Å². The van der Waals surface area contributed by atoms with Gasteiger partial charge >= 0.3 is 0 Å². The molecule has 1 aliphatic carbocycles. The van der Waals surface area contributed by atoms with Crippen molar-refractivity contribution in [3.63, 3.8) is 0 Å². The predicted molar refractivity (Wildman–Crippen MR) is 69.4 cm³/mol. The molecule has 1 heteroatoms. The van der Waals surface area contributed by atoms with Crippen molar-refractivity contribution in [2.75, 3.05) is 0 Å². The molecule has 0 radical (unpaired) electrons. The quantitative estimate of drug-likeness (QED) is 0.821. The highest BCUT2D eigenvalue weighted by atomic mass is 14.6. The van der Waals surface area contributed by atoms with Crippen molar-refractivity contribution in [1.82, 2.24) is 0 Å². The van der Waals surface area contributed by atoms with Crippen molar-refractivity contribution in [2.24, 2.45) is 11.7 Å². The maximum Gasteiger partial charge on any atom is 0.00819 e. The second-order valence-corrected chi connectivity index (χ2v) is 5.34. The van der Waals surface area contributed by atoms with Crippen LogP contribution in [0.2, 0.25) is 0 Å². The minimum absolute atomic E-state index is 0.352. The fraction of sp³-hybridized carbons (Fsp3) is 0.600. The number of nitrogens with two attached hydrogens (primary N) is 1. The van der Waals surface area contributed by atoms with Gasteiger partial charge in [-0.3, -0.25) is 0 Å². The van der Waals surface area contributed by atoms with Crippen molar-refractivity contribution in [3.05, 3.63) is 35.4 Å². The Hall–Kier alpha value is -0.820. The van der Waals surface area contributed by atoms with Crippen molar-refractivity contribution in [1.29, 1.82) is 0 Å². The van der Waals surface area contributed by atoms with Crippen LogP contribution in [0.4, 0.5) is 0 Å². The van der Waals surface area contributed by atoms with Crippen LogP contribution in [-0.2, 0) is 6.42 Å². The molecule has 0 aliphatic heterocycles. The molecule has 1 nitrogen and oxygen atoms in total. The molecular formula is C15H23N. The zero-order chi connectivity index (χ0) is 11.4. The van der Waals surface area contributed by atoms with E-state index in [9.17, 15) is 0 Å². The molecule has 0 heterocycles. The number of benzene rings is 1. The van der Waals surface area contributed by atoms with Crippen molar-refractivity contribution >= 4 is 0 Å². The van der Waals surface area contributed by atoms with Gasteiger partial charge in [0.25, 0.3) is 0 Å². The SMILES string of the molecule is Cc1cccc(CC(N)CC2CCCC2)c1. The summed E-state index contributed by atoms with van der Waals surface area (Å²) in [4.78, 5) is 0. The fourth-order valence-corrected chi connectivity index (χ4v) is 2.90. The lowest BCUT2D eigenvalue weighted by Crippen LogP contribution is -2.25. The van der Waals surface area contributed by atoms with Gasteiger partial charge in [-0.05, 0) is 31.2 Å². The third-order valence-electron chi connectivity index (χ3n) is 3.69. The summed E-state index contributed by atoms with van der Waals surface area (Å²) in [5, 5.41) is 0. The van der Waals surface area contributed by atoms with Gasteiger partial charge < -0.3 is 5.73 Å². The average molecular weight is 217 g/mol. The first-order valence-electron chi connectivity index (χ1n) is 6.55. The molecule has 1 fully saturated rings. The molecule has 1 aromatic carbocycles. The van der Waals surface area contributed by atoms with E-state index in [0.29, 0.717) is 6.04 Å². The van der Waals surface area contributed by atoms with E-state index in [4.69, 9.17) is 5.73 Å². The van der Waals surface area contributed by atoms with Crippen molar-refractivity contribution < 1.29 is 0 Å². The molecule has 1 aliphatic rings. The summed E-state index contributed by atoms with van der Waals surface area (Å²) < 4.78 is 0. The molecule has 1 unspecified atom stereocenters. The molecule has 0 aromatic heterocycles. The van der Waals surface area contributed by atoms with Gasteiger partial charge in [0.05, 0.1) is 0 Å². The van der Waals surface area contributed by atoms with Gasteiger partial charge in [0, 0.05) is 6.04 Å². The number of rotatable bonds is 4. The molecule has 1 aromatic rings. The van der Waals surface area contributed by atoms with E-state index in [2.05, 4.69) is 31.2 Å². The van der Waals surface area contributed by atoms with Gasteiger partial charge in [-0.1, -0.05) is 55.5 Å². The zero-order valence-corrected chi connectivity index (χ0v) is 10.3. The molecule has 2 N–H and O–H groups in total. The molecule has 0 amide bonds. The van der Waals surface area contributed by atoms with Crippen LogP contribution in [0.1, 0.15) is 43.2 Å². The summed E-state index contributed by atoms with van der Waals surface area (Å²) in [6.07, 6.45) is 7.90. The smallest absolute Gasteiger partial charge is 0.00819 e. The topological polar surface area (TPSA) is 26.0 Å². The van der Waals surface area contributed by atoms with E-state index in [1.165, 1.54) is 43.2 Å². The summed E-state index contributed by atoms with van der Waals surface area (Å²) in [7, 11) is 0. The van der Waals surface area contributed by atoms with E-state index < -0.39 is 0 Å². The third-order valence-corrected chi connectivity index (χ3v) is 3.69. The van der Waals surface area contributed by atoms with Gasteiger partial charge in [-0.15, -0.1) is 0 Å².